The maximum absolute atomic E-state index is 13.0. The zero-order chi connectivity index (χ0) is 18.2. The minimum atomic E-state index is 0. The first-order valence-electron chi connectivity index (χ1n) is 9.06. The number of oxime groups is 1. The van der Waals surface area contributed by atoms with Crippen LogP contribution in [0.5, 0.6) is 0 Å². The van der Waals surface area contributed by atoms with Crippen LogP contribution in [0.25, 0.3) is 0 Å². The van der Waals surface area contributed by atoms with Gasteiger partial charge in [0.15, 0.2) is 0 Å². The van der Waals surface area contributed by atoms with E-state index in [0.717, 1.165) is 24.8 Å². The fourth-order valence-corrected chi connectivity index (χ4v) is 3.09. The van der Waals surface area contributed by atoms with Gasteiger partial charge in [0.2, 0.25) is 0 Å². The molecule has 1 unspecified atom stereocenters. The Morgan fingerprint density at radius 3 is 2.56 bits per heavy atom. The third kappa shape index (κ3) is 6.29. The summed E-state index contributed by atoms with van der Waals surface area (Å²) in [4.78, 5) is 19.9. The Balaban J connectivity index is 0.00000261. The van der Waals surface area contributed by atoms with Gasteiger partial charge in [-0.2, -0.15) is 0 Å². The lowest BCUT2D eigenvalue weighted by Gasteiger charge is -2.24. The van der Waals surface area contributed by atoms with Gasteiger partial charge in [0.1, 0.15) is 6.61 Å². The molecule has 27 heavy (non-hydrogen) atoms. The quantitative estimate of drug-likeness (QED) is 0.726. The number of benzene rings is 2. The standard InChI is InChI=1S/C21H25N3O2.ClH/c22-20-10-8-19(9-11-20)21(25)24(16-18-5-2-1-3-6-18)13-4-7-17-12-14-26-23-15-17;/h1-3,5-6,8-11,15,17H,4,7,12-14,16,22H2;1H. The summed E-state index contributed by atoms with van der Waals surface area (Å²) in [6, 6.07) is 17.2. The van der Waals surface area contributed by atoms with Crippen LogP contribution in [-0.2, 0) is 11.4 Å². The van der Waals surface area contributed by atoms with Crippen LogP contribution in [0.3, 0.4) is 0 Å². The zero-order valence-corrected chi connectivity index (χ0v) is 16.1. The number of halogens is 1. The first-order valence-corrected chi connectivity index (χ1v) is 9.06. The molecule has 2 aromatic rings. The number of rotatable bonds is 7. The smallest absolute Gasteiger partial charge is 0.254 e. The number of hydrogen-bond acceptors (Lipinski definition) is 4. The molecule has 0 aliphatic carbocycles. The number of nitrogens with zero attached hydrogens (tertiary/aromatic N) is 2. The van der Waals surface area contributed by atoms with E-state index in [4.69, 9.17) is 10.6 Å². The average molecular weight is 388 g/mol. The molecule has 6 heteroatoms. The van der Waals surface area contributed by atoms with Gasteiger partial charge >= 0.3 is 0 Å². The minimum Gasteiger partial charge on any atom is -0.399 e. The van der Waals surface area contributed by atoms with Crippen LogP contribution in [0.15, 0.2) is 59.8 Å². The Hall–Kier alpha value is -2.53. The summed E-state index contributed by atoms with van der Waals surface area (Å²) in [5.41, 5.74) is 8.20. The Labute approximate surface area is 166 Å². The highest BCUT2D eigenvalue weighted by molar-refractivity contribution is 5.94. The van der Waals surface area contributed by atoms with E-state index in [2.05, 4.69) is 5.16 Å². The highest BCUT2D eigenvalue weighted by Gasteiger charge is 2.17. The van der Waals surface area contributed by atoms with Crippen LogP contribution in [0.2, 0.25) is 0 Å². The molecule has 0 aromatic heterocycles. The molecule has 0 saturated carbocycles. The predicted molar refractivity (Wildman–Crippen MR) is 111 cm³/mol. The van der Waals surface area contributed by atoms with Crippen molar-refractivity contribution in [2.45, 2.75) is 25.8 Å². The molecular formula is C21H26ClN3O2. The highest BCUT2D eigenvalue weighted by atomic mass is 35.5. The molecule has 144 valence electrons. The number of carbonyl (C=O) groups excluding carboxylic acids is 1. The molecule has 2 aromatic carbocycles. The van der Waals surface area contributed by atoms with Crippen LogP contribution in [0, 0.1) is 5.92 Å². The second kappa shape index (κ2) is 10.6. The lowest BCUT2D eigenvalue weighted by atomic mass is 10.0. The lowest BCUT2D eigenvalue weighted by molar-refractivity contribution is 0.0736. The monoisotopic (exact) mass is 387 g/mol. The summed E-state index contributed by atoms with van der Waals surface area (Å²) in [6.45, 7) is 1.99. The molecule has 0 radical (unpaired) electrons. The maximum Gasteiger partial charge on any atom is 0.254 e. The van der Waals surface area contributed by atoms with E-state index in [-0.39, 0.29) is 18.3 Å². The van der Waals surface area contributed by atoms with Crippen molar-refractivity contribution in [3.8, 4) is 0 Å². The van der Waals surface area contributed by atoms with Crippen molar-refractivity contribution in [1.29, 1.82) is 0 Å². The molecule has 1 aliphatic rings. The molecule has 3 rings (SSSR count). The Bertz CT molecular complexity index is 735. The van der Waals surface area contributed by atoms with Crippen molar-refractivity contribution in [2.24, 2.45) is 11.1 Å². The average Bonchev–Trinajstić information content (AvgIpc) is 2.69. The lowest BCUT2D eigenvalue weighted by Crippen LogP contribution is -2.32. The van der Waals surface area contributed by atoms with Crippen LogP contribution >= 0.6 is 12.4 Å². The predicted octanol–water partition coefficient (Wildman–Crippen LogP) is 4.14. The Morgan fingerprint density at radius 2 is 1.89 bits per heavy atom. The fourth-order valence-electron chi connectivity index (χ4n) is 3.09. The third-order valence-electron chi connectivity index (χ3n) is 4.59. The number of nitrogen functional groups attached to an aromatic ring is 1. The maximum atomic E-state index is 13.0. The van der Waals surface area contributed by atoms with Crippen molar-refractivity contribution in [3.63, 3.8) is 0 Å². The van der Waals surface area contributed by atoms with Crippen molar-refractivity contribution in [1.82, 2.24) is 4.90 Å². The van der Waals surface area contributed by atoms with Crippen molar-refractivity contribution in [3.05, 3.63) is 65.7 Å². The molecule has 2 N–H and O–H groups in total. The van der Waals surface area contributed by atoms with Crippen LogP contribution in [0.1, 0.15) is 35.2 Å². The van der Waals surface area contributed by atoms with E-state index in [0.29, 0.717) is 36.9 Å². The molecule has 5 nitrogen and oxygen atoms in total. The fraction of sp³-hybridized carbons (Fsp3) is 0.333. The number of nitrogens with two attached hydrogens (primary N) is 1. The van der Waals surface area contributed by atoms with Crippen molar-refractivity contribution >= 4 is 30.2 Å². The number of carbonyl (C=O) groups is 1. The summed E-state index contributed by atoms with van der Waals surface area (Å²) in [5.74, 6) is 0.475. The molecule has 1 amide bonds. The zero-order valence-electron chi connectivity index (χ0n) is 15.3. The van der Waals surface area contributed by atoms with Gasteiger partial charge in [-0.25, -0.2) is 0 Å². The minimum absolute atomic E-state index is 0. The third-order valence-corrected chi connectivity index (χ3v) is 4.59. The van der Waals surface area contributed by atoms with Gasteiger partial charge in [-0.15, -0.1) is 12.4 Å². The Morgan fingerprint density at radius 1 is 1.15 bits per heavy atom. The Kier molecular flexibility index (Phi) is 8.14. The van der Waals surface area contributed by atoms with Crippen molar-refractivity contribution in [2.75, 3.05) is 18.9 Å². The van der Waals surface area contributed by atoms with Gasteiger partial charge in [-0.1, -0.05) is 35.5 Å². The number of anilines is 1. The number of hydrogen-bond donors (Lipinski definition) is 1. The second-order valence-corrected chi connectivity index (χ2v) is 6.61. The van der Waals surface area contributed by atoms with Gasteiger partial charge < -0.3 is 15.5 Å². The summed E-state index contributed by atoms with van der Waals surface area (Å²) in [5, 5.41) is 3.90. The summed E-state index contributed by atoms with van der Waals surface area (Å²) >= 11 is 0. The molecule has 0 saturated heterocycles. The molecule has 0 fully saturated rings. The van der Waals surface area contributed by atoms with E-state index in [1.165, 1.54) is 0 Å². The second-order valence-electron chi connectivity index (χ2n) is 6.61. The van der Waals surface area contributed by atoms with E-state index >= 15 is 0 Å². The molecule has 0 bridgehead atoms. The number of amides is 1. The van der Waals surface area contributed by atoms with Gasteiger partial charge in [-0.05, 0) is 49.1 Å². The first kappa shape index (κ1) is 20.8. The van der Waals surface area contributed by atoms with Crippen LogP contribution in [-0.4, -0.2) is 30.2 Å². The summed E-state index contributed by atoms with van der Waals surface area (Å²) in [7, 11) is 0. The van der Waals surface area contributed by atoms with E-state index < -0.39 is 0 Å². The van der Waals surface area contributed by atoms with Gasteiger partial charge in [0.25, 0.3) is 5.91 Å². The van der Waals surface area contributed by atoms with Gasteiger partial charge in [0, 0.05) is 36.5 Å². The SMILES string of the molecule is Cl.Nc1ccc(C(=O)N(CCCC2C=NOCC2)Cc2ccccc2)cc1. The molecule has 1 heterocycles. The first-order chi connectivity index (χ1) is 12.7. The van der Waals surface area contributed by atoms with E-state index in [9.17, 15) is 4.79 Å². The van der Waals surface area contributed by atoms with Gasteiger partial charge in [0.05, 0.1) is 0 Å². The highest BCUT2D eigenvalue weighted by Crippen LogP contribution is 2.16. The van der Waals surface area contributed by atoms with Crippen LogP contribution in [0.4, 0.5) is 5.69 Å². The molecule has 1 atom stereocenters. The van der Waals surface area contributed by atoms with Crippen LogP contribution < -0.4 is 5.73 Å². The molecule has 1 aliphatic heterocycles. The van der Waals surface area contributed by atoms with Gasteiger partial charge in [-0.3, -0.25) is 4.79 Å². The summed E-state index contributed by atoms with van der Waals surface area (Å²) in [6.07, 6.45) is 4.82. The molecular weight excluding hydrogens is 362 g/mol. The largest absolute Gasteiger partial charge is 0.399 e. The summed E-state index contributed by atoms with van der Waals surface area (Å²) < 4.78 is 0. The van der Waals surface area contributed by atoms with E-state index in [1.54, 1.807) is 24.3 Å². The molecule has 0 spiro atoms. The van der Waals surface area contributed by atoms with E-state index in [1.807, 2.05) is 41.4 Å². The topological polar surface area (TPSA) is 67.9 Å². The normalized spacial score (nSPS) is 15.5. The van der Waals surface area contributed by atoms with Crippen molar-refractivity contribution < 1.29 is 9.63 Å².